The standard InChI is InChI=1S/C7H8ClFN2/c1-4(10)7-6(9)2-5(8)3-11-7/h2-4H,10H2,1H3/t4-/m1/s1. The normalized spacial score (nSPS) is 13.1. The van der Waals surface area contributed by atoms with Crippen LogP contribution in [0, 0.1) is 5.82 Å². The Hall–Kier alpha value is -0.670. The summed E-state index contributed by atoms with van der Waals surface area (Å²) in [6.07, 6.45) is 1.38. The van der Waals surface area contributed by atoms with Crippen molar-refractivity contribution in [3.05, 3.63) is 28.8 Å². The lowest BCUT2D eigenvalue weighted by Crippen LogP contribution is -2.09. The second-order valence-electron chi connectivity index (χ2n) is 2.31. The molecule has 1 aromatic heterocycles. The Labute approximate surface area is 69.2 Å². The Balaban J connectivity index is 3.09. The summed E-state index contributed by atoms with van der Waals surface area (Å²) in [6.45, 7) is 1.67. The zero-order valence-electron chi connectivity index (χ0n) is 6.01. The van der Waals surface area contributed by atoms with E-state index in [0.29, 0.717) is 0 Å². The quantitative estimate of drug-likeness (QED) is 0.706. The van der Waals surface area contributed by atoms with Crippen LogP contribution in [0.2, 0.25) is 5.02 Å². The average molecular weight is 175 g/mol. The highest BCUT2D eigenvalue weighted by atomic mass is 35.5. The molecule has 0 saturated carbocycles. The van der Waals surface area contributed by atoms with Crippen LogP contribution in [0.4, 0.5) is 4.39 Å². The monoisotopic (exact) mass is 174 g/mol. The molecule has 11 heavy (non-hydrogen) atoms. The molecule has 0 aliphatic heterocycles. The van der Waals surface area contributed by atoms with E-state index < -0.39 is 11.9 Å². The van der Waals surface area contributed by atoms with E-state index in [-0.39, 0.29) is 10.7 Å². The third kappa shape index (κ3) is 1.88. The fraction of sp³-hybridized carbons (Fsp3) is 0.286. The van der Waals surface area contributed by atoms with Gasteiger partial charge >= 0.3 is 0 Å². The molecule has 1 atom stereocenters. The number of aromatic nitrogens is 1. The molecule has 60 valence electrons. The van der Waals surface area contributed by atoms with Crippen molar-refractivity contribution in [2.45, 2.75) is 13.0 Å². The number of hydrogen-bond acceptors (Lipinski definition) is 2. The first-order valence-corrected chi connectivity index (χ1v) is 3.55. The van der Waals surface area contributed by atoms with Gasteiger partial charge in [0.05, 0.1) is 10.7 Å². The van der Waals surface area contributed by atoms with Gasteiger partial charge in [-0.15, -0.1) is 0 Å². The highest BCUT2D eigenvalue weighted by Crippen LogP contribution is 2.15. The Kier molecular flexibility index (Phi) is 2.42. The van der Waals surface area contributed by atoms with Gasteiger partial charge in [-0.05, 0) is 13.0 Å². The molecule has 2 N–H and O–H groups in total. The Morgan fingerprint density at radius 2 is 2.36 bits per heavy atom. The summed E-state index contributed by atoms with van der Waals surface area (Å²) in [7, 11) is 0. The van der Waals surface area contributed by atoms with Gasteiger partial charge in [-0.25, -0.2) is 4.39 Å². The molecule has 0 spiro atoms. The molecule has 1 rings (SSSR count). The third-order valence-corrected chi connectivity index (χ3v) is 1.47. The third-order valence-electron chi connectivity index (χ3n) is 1.27. The summed E-state index contributed by atoms with van der Waals surface area (Å²) in [6, 6.07) is 0.806. The molecule has 2 nitrogen and oxygen atoms in total. The number of rotatable bonds is 1. The second kappa shape index (κ2) is 3.15. The van der Waals surface area contributed by atoms with E-state index in [0.717, 1.165) is 0 Å². The van der Waals surface area contributed by atoms with Crippen LogP contribution in [0.3, 0.4) is 0 Å². The van der Waals surface area contributed by atoms with Crippen LogP contribution in [-0.2, 0) is 0 Å². The molecule has 0 bridgehead atoms. The van der Waals surface area contributed by atoms with E-state index in [2.05, 4.69) is 4.98 Å². The number of nitrogens with two attached hydrogens (primary N) is 1. The first kappa shape index (κ1) is 8.43. The SMILES string of the molecule is C[C@@H](N)c1ncc(Cl)cc1F. The van der Waals surface area contributed by atoms with Gasteiger partial charge < -0.3 is 5.73 Å². The largest absolute Gasteiger partial charge is 0.323 e. The summed E-state index contributed by atoms with van der Waals surface area (Å²) in [4.78, 5) is 3.75. The highest BCUT2D eigenvalue weighted by molar-refractivity contribution is 6.30. The van der Waals surface area contributed by atoms with Gasteiger partial charge in [0.2, 0.25) is 0 Å². The lowest BCUT2D eigenvalue weighted by Gasteiger charge is -2.04. The van der Waals surface area contributed by atoms with Crippen molar-refractivity contribution in [1.82, 2.24) is 4.98 Å². The lowest BCUT2D eigenvalue weighted by atomic mass is 10.2. The molecule has 0 aliphatic carbocycles. The second-order valence-corrected chi connectivity index (χ2v) is 2.75. The number of hydrogen-bond donors (Lipinski definition) is 1. The van der Waals surface area contributed by atoms with Crippen molar-refractivity contribution in [2.24, 2.45) is 5.73 Å². The first-order chi connectivity index (χ1) is 5.11. The zero-order chi connectivity index (χ0) is 8.43. The summed E-state index contributed by atoms with van der Waals surface area (Å²) >= 11 is 5.48. The maximum atomic E-state index is 12.9. The molecule has 0 saturated heterocycles. The van der Waals surface area contributed by atoms with E-state index in [9.17, 15) is 4.39 Å². The van der Waals surface area contributed by atoms with E-state index in [1.165, 1.54) is 12.3 Å². The number of halogens is 2. The van der Waals surface area contributed by atoms with Gasteiger partial charge in [-0.3, -0.25) is 4.98 Å². The van der Waals surface area contributed by atoms with Crippen LogP contribution in [0.15, 0.2) is 12.3 Å². The van der Waals surface area contributed by atoms with Crippen LogP contribution >= 0.6 is 11.6 Å². The van der Waals surface area contributed by atoms with E-state index in [4.69, 9.17) is 17.3 Å². The minimum Gasteiger partial charge on any atom is -0.323 e. The zero-order valence-corrected chi connectivity index (χ0v) is 6.77. The minimum atomic E-state index is -0.451. The molecule has 0 amide bonds. The van der Waals surface area contributed by atoms with Gasteiger partial charge in [0.25, 0.3) is 0 Å². The van der Waals surface area contributed by atoms with Gasteiger partial charge in [0.15, 0.2) is 0 Å². The number of pyridine rings is 1. The highest BCUT2D eigenvalue weighted by Gasteiger charge is 2.07. The van der Waals surface area contributed by atoms with Crippen LogP contribution in [0.25, 0.3) is 0 Å². The van der Waals surface area contributed by atoms with Crippen LogP contribution in [0.5, 0.6) is 0 Å². The summed E-state index contributed by atoms with van der Waals surface area (Å²) < 4.78 is 12.9. The van der Waals surface area contributed by atoms with E-state index in [1.54, 1.807) is 6.92 Å². The molecule has 1 heterocycles. The molecular weight excluding hydrogens is 167 g/mol. The van der Waals surface area contributed by atoms with Crippen molar-refractivity contribution >= 4 is 11.6 Å². The van der Waals surface area contributed by atoms with Crippen molar-refractivity contribution < 1.29 is 4.39 Å². The van der Waals surface area contributed by atoms with E-state index >= 15 is 0 Å². The van der Waals surface area contributed by atoms with Gasteiger partial charge in [-0.1, -0.05) is 11.6 Å². The Morgan fingerprint density at radius 1 is 1.73 bits per heavy atom. The summed E-state index contributed by atoms with van der Waals surface area (Å²) in [5.41, 5.74) is 5.66. The fourth-order valence-electron chi connectivity index (χ4n) is 0.760. The lowest BCUT2D eigenvalue weighted by molar-refractivity contribution is 0.579. The molecule has 1 aromatic rings. The van der Waals surface area contributed by atoms with Crippen LogP contribution in [-0.4, -0.2) is 4.98 Å². The molecule has 4 heteroatoms. The van der Waals surface area contributed by atoms with Crippen LogP contribution in [0.1, 0.15) is 18.7 Å². The number of nitrogens with zero attached hydrogens (tertiary/aromatic N) is 1. The van der Waals surface area contributed by atoms with Gasteiger partial charge in [0, 0.05) is 12.2 Å². The summed E-state index contributed by atoms with van der Waals surface area (Å²) in [5.74, 6) is -0.451. The Morgan fingerprint density at radius 3 is 2.82 bits per heavy atom. The topological polar surface area (TPSA) is 38.9 Å². The molecule has 0 fully saturated rings. The van der Waals surface area contributed by atoms with Crippen molar-refractivity contribution in [1.29, 1.82) is 0 Å². The van der Waals surface area contributed by atoms with Crippen LogP contribution < -0.4 is 5.73 Å². The smallest absolute Gasteiger partial charge is 0.147 e. The van der Waals surface area contributed by atoms with Gasteiger partial charge in [-0.2, -0.15) is 0 Å². The van der Waals surface area contributed by atoms with E-state index in [1.807, 2.05) is 0 Å². The minimum absolute atomic E-state index is 0.245. The summed E-state index contributed by atoms with van der Waals surface area (Å²) in [5, 5.41) is 0.284. The van der Waals surface area contributed by atoms with Gasteiger partial charge in [0.1, 0.15) is 5.82 Å². The molecular formula is C7H8ClFN2. The maximum Gasteiger partial charge on any atom is 0.147 e. The average Bonchev–Trinajstić information content (AvgIpc) is 1.85. The fourth-order valence-corrected chi connectivity index (χ4v) is 0.905. The van der Waals surface area contributed by atoms with Crippen molar-refractivity contribution in [3.8, 4) is 0 Å². The predicted octanol–water partition coefficient (Wildman–Crippen LogP) is 1.89. The predicted molar refractivity (Wildman–Crippen MR) is 41.8 cm³/mol. The maximum absolute atomic E-state index is 12.9. The molecule has 0 radical (unpaired) electrons. The molecule has 0 unspecified atom stereocenters. The van der Waals surface area contributed by atoms with Crippen molar-refractivity contribution in [2.75, 3.05) is 0 Å². The first-order valence-electron chi connectivity index (χ1n) is 3.18. The molecule has 0 aromatic carbocycles. The Bertz CT molecular complexity index is 263. The van der Waals surface area contributed by atoms with Crippen molar-refractivity contribution in [3.63, 3.8) is 0 Å². The molecule has 0 aliphatic rings.